The highest BCUT2D eigenvalue weighted by molar-refractivity contribution is 5.73. The summed E-state index contributed by atoms with van der Waals surface area (Å²) in [6, 6.07) is 1.57. The van der Waals surface area contributed by atoms with Crippen LogP contribution in [0.4, 0.5) is 14.5 Å². The Kier molecular flexibility index (Phi) is 3.40. The van der Waals surface area contributed by atoms with Gasteiger partial charge in [0.25, 0.3) is 6.02 Å². The minimum absolute atomic E-state index is 0.0469. The normalized spacial score (nSPS) is 18.8. The second-order valence-corrected chi connectivity index (χ2v) is 3.74. The maximum Gasteiger partial charge on any atom is 0.282 e. The van der Waals surface area contributed by atoms with Gasteiger partial charge >= 0.3 is 0 Å². The van der Waals surface area contributed by atoms with Crippen LogP contribution >= 0.6 is 0 Å². The maximum atomic E-state index is 13.7. The van der Waals surface area contributed by atoms with Crippen molar-refractivity contribution in [2.75, 3.05) is 11.9 Å². The van der Waals surface area contributed by atoms with Gasteiger partial charge in [-0.1, -0.05) is 0 Å². The summed E-state index contributed by atoms with van der Waals surface area (Å²) in [6.45, 7) is 0.284. The third-order valence-corrected chi connectivity index (χ3v) is 2.57. The first kappa shape index (κ1) is 12.3. The van der Waals surface area contributed by atoms with Crippen LogP contribution in [0.3, 0.4) is 0 Å². The number of benzene rings is 1. The summed E-state index contributed by atoms with van der Waals surface area (Å²) in [4.78, 5) is 14.2. The number of halogens is 2. The van der Waals surface area contributed by atoms with E-state index in [9.17, 15) is 13.6 Å². The van der Waals surface area contributed by atoms with Crippen LogP contribution in [0.2, 0.25) is 0 Å². The van der Waals surface area contributed by atoms with Crippen LogP contribution in [0, 0.1) is 11.6 Å². The van der Waals surface area contributed by atoms with Crippen molar-refractivity contribution >= 4 is 18.1 Å². The monoisotopic (exact) mass is 255 g/mol. The van der Waals surface area contributed by atoms with Crippen molar-refractivity contribution < 1.29 is 18.3 Å². The van der Waals surface area contributed by atoms with Gasteiger partial charge in [-0.25, -0.2) is 13.8 Å². The molecule has 3 N–H and O–H groups in total. The summed E-state index contributed by atoms with van der Waals surface area (Å²) in [5.41, 5.74) is 5.60. The van der Waals surface area contributed by atoms with E-state index in [1.807, 2.05) is 0 Å². The lowest BCUT2D eigenvalue weighted by Gasteiger charge is -2.20. The van der Waals surface area contributed by atoms with Crippen LogP contribution in [-0.4, -0.2) is 19.0 Å². The second kappa shape index (κ2) is 4.99. The highest BCUT2D eigenvalue weighted by Crippen LogP contribution is 2.30. The molecule has 18 heavy (non-hydrogen) atoms. The maximum absolute atomic E-state index is 13.7. The van der Waals surface area contributed by atoms with Crippen LogP contribution in [0.5, 0.6) is 0 Å². The van der Waals surface area contributed by atoms with Gasteiger partial charge in [-0.3, -0.25) is 4.79 Å². The number of carbonyl (C=O) groups excluding carboxylic acids is 1. The molecule has 2 rings (SSSR count). The first-order valence-corrected chi connectivity index (χ1v) is 5.27. The summed E-state index contributed by atoms with van der Waals surface area (Å²) in [7, 11) is 0. The van der Waals surface area contributed by atoms with Gasteiger partial charge < -0.3 is 15.8 Å². The fraction of sp³-hybridized carbons (Fsp3) is 0.273. The smallest absolute Gasteiger partial charge is 0.282 e. The molecule has 1 unspecified atom stereocenters. The largest absolute Gasteiger partial charge is 0.465 e. The fourth-order valence-electron chi connectivity index (χ4n) is 1.76. The first-order chi connectivity index (χ1) is 8.61. The van der Waals surface area contributed by atoms with Gasteiger partial charge in [0, 0.05) is 23.7 Å². The molecule has 1 amide bonds. The van der Waals surface area contributed by atoms with Crippen molar-refractivity contribution in [3.63, 3.8) is 0 Å². The highest BCUT2D eigenvalue weighted by atomic mass is 19.2. The van der Waals surface area contributed by atoms with Gasteiger partial charge in [-0.05, 0) is 6.07 Å². The molecule has 0 saturated carbocycles. The Hall–Kier alpha value is -2.18. The number of nitrogens with one attached hydrogen (secondary N) is 1. The molecular weight excluding hydrogens is 244 g/mol. The minimum Gasteiger partial charge on any atom is -0.465 e. The molecule has 96 valence electrons. The Morgan fingerprint density at radius 2 is 2.28 bits per heavy atom. The average molecular weight is 255 g/mol. The van der Waals surface area contributed by atoms with Crippen molar-refractivity contribution in [3.8, 4) is 0 Å². The molecule has 0 fully saturated rings. The van der Waals surface area contributed by atoms with E-state index < -0.39 is 17.7 Å². The molecule has 1 aromatic carbocycles. The molecule has 1 atom stereocenters. The Morgan fingerprint density at radius 3 is 2.94 bits per heavy atom. The van der Waals surface area contributed by atoms with Crippen LogP contribution in [-0.2, 0) is 9.53 Å². The number of hydrogen-bond acceptors (Lipinski definition) is 4. The molecule has 1 aliphatic heterocycles. The molecule has 0 radical (unpaired) electrons. The lowest BCUT2D eigenvalue weighted by atomic mass is 10.0. The Labute approximate surface area is 102 Å². The quantitative estimate of drug-likeness (QED) is 0.799. The van der Waals surface area contributed by atoms with Gasteiger partial charge in [0.1, 0.15) is 0 Å². The molecule has 1 aliphatic rings. The number of ether oxygens (including phenoxy) is 1. The molecular formula is C11H11F2N3O2. The average Bonchev–Trinajstić information content (AvgIpc) is 2.34. The number of carbonyl (C=O) groups is 1. The van der Waals surface area contributed by atoms with E-state index in [-0.39, 0.29) is 23.9 Å². The van der Waals surface area contributed by atoms with Gasteiger partial charge in [0.05, 0.1) is 12.6 Å². The van der Waals surface area contributed by atoms with Crippen LogP contribution in [0.25, 0.3) is 0 Å². The zero-order valence-electron chi connectivity index (χ0n) is 9.32. The van der Waals surface area contributed by atoms with E-state index >= 15 is 0 Å². The van der Waals surface area contributed by atoms with Crippen molar-refractivity contribution in [2.45, 2.75) is 12.5 Å². The SMILES string of the molecule is NC1=NC(c2cc(NC=O)cc(F)c2F)CCO1. The predicted molar refractivity (Wildman–Crippen MR) is 61.0 cm³/mol. The van der Waals surface area contributed by atoms with Crippen molar-refractivity contribution in [2.24, 2.45) is 10.7 Å². The fourth-order valence-corrected chi connectivity index (χ4v) is 1.76. The lowest BCUT2D eigenvalue weighted by molar-refractivity contribution is -0.105. The van der Waals surface area contributed by atoms with E-state index in [4.69, 9.17) is 10.5 Å². The summed E-state index contributed by atoms with van der Waals surface area (Å²) in [6.07, 6.45) is 0.777. The van der Waals surface area contributed by atoms with E-state index in [0.29, 0.717) is 12.8 Å². The van der Waals surface area contributed by atoms with Gasteiger partial charge in [0.15, 0.2) is 11.6 Å². The third kappa shape index (κ3) is 2.39. The van der Waals surface area contributed by atoms with Gasteiger partial charge in [-0.15, -0.1) is 0 Å². The number of aliphatic imine (C=N–C) groups is 1. The number of rotatable bonds is 3. The Balaban J connectivity index is 2.42. The van der Waals surface area contributed by atoms with E-state index in [1.54, 1.807) is 0 Å². The summed E-state index contributed by atoms with van der Waals surface area (Å²) in [5.74, 6) is -2.04. The summed E-state index contributed by atoms with van der Waals surface area (Å²) >= 11 is 0. The van der Waals surface area contributed by atoms with Gasteiger partial charge in [0.2, 0.25) is 6.41 Å². The number of hydrogen-bond donors (Lipinski definition) is 2. The van der Waals surface area contributed by atoms with Crippen LogP contribution in [0.1, 0.15) is 18.0 Å². The van der Waals surface area contributed by atoms with Crippen molar-refractivity contribution in [1.82, 2.24) is 0 Å². The number of amidine groups is 1. The minimum atomic E-state index is -1.04. The number of nitrogens with two attached hydrogens (primary N) is 1. The summed E-state index contributed by atoms with van der Waals surface area (Å²) < 4.78 is 32.0. The molecule has 1 aromatic rings. The third-order valence-electron chi connectivity index (χ3n) is 2.57. The molecule has 0 aromatic heterocycles. The standard InChI is InChI=1S/C11H11F2N3O2/c12-8-4-6(15-5-17)3-7(10(8)13)9-1-2-18-11(14)16-9/h3-5,9H,1-2H2,(H2,14,16)(H,15,17). The first-order valence-electron chi connectivity index (χ1n) is 5.27. The van der Waals surface area contributed by atoms with E-state index in [2.05, 4.69) is 10.3 Å². The Morgan fingerprint density at radius 1 is 1.50 bits per heavy atom. The van der Waals surface area contributed by atoms with Crippen LogP contribution in [0.15, 0.2) is 17.1 Å². The molecule has 5 nitrogen and oxygen atoms in total. The molecule has 0 saturated heterocycles. The molecule has 0 spiro atoms. The summed E-state index contributed by atoms with van der Waals surface area (Å²) in [5, 5.41) is 2.27. The topological polar surface area (TPSA) is 76.7 Å². The zero-order chi connectivity index (χ0) is 13.1. The number of nitrogens with zero attached hydrogens (tertiary/aromatic N) is 1. The van der Waals surface area contributed by atoms with E-state index in [0.717, 1.165) is 6.07 Å². The number of anilines is 1. The molecule has 0 aliphatic carbocycles. The van der Waals surface area contributed by atoms with Crippen molar-refractivity contribution in [1.29, 1.82) is 0 Å². The predicted octanol–water partition coefficient (Wildman–Crippen LogP) is 1.31. The highest BCUT2D eigenvalue weighted by Gasteiger charge is 2.22. The zero-order valence-corrected chi connectivity index (χ0v) is 9.32. The van der Waals surface area contributed by atoms with Gasteiger partial charge in [-0.2, -0.15) is 0 Å². The molecule has 7 heteroatoms. The molecule has 1 heterocycles. The second-order valence-electron chi connectivity index (χ2n) is 3.74. The Bertz CT molecular complexity index is 505. The van der Waals surface area contributed by atoms with E-state index in [1.165, 1.54) is 6.07 Å². The molecule has 0 bridgehead atoms. The van der Waals surface area contributed by atoms with Crippen molar-refractivity contribution in [3.05, 3.63) is 29.3 Å². The number of amides is 1. The lowest BCUT2D eigenvalue weighted by Crippen LogP contribution is -2.24. The van der Waals surface area contributed by atoms with Crippen LogP contribution < -0.4 is 11.1 Å².